The monoisotopic (exact) mass is 288 g/mol. The van der Waals surface area contributed by atoms with Gasteiger partial charge in [0.1, 0.15) is 5.76 Å². The molecule has 1 saturated heterocycles. The van der Waals surface area contributed by atoms with Gasteiger partial charge in [0.15, 0.2) is 0 Å². The minimum absolute atomic E-state index is 0.326. The Morgan fingerprint density at radius 3 is 2.90 bits per heavy atom. The van der Waals surface area contributed by atoms with Gasteiger partial charge in [-0.2, -0.15) is 5.10 Å². The Kier molecular flexibility index (Phi) is 4.72. The van der Waals surface area contributed by atoms with Crippen LogP contribution in [0.25, 0.3) is 0 Å². The van der Waals surface area contributed by atoms with Crippen molar-refractivity contribution in [3.05, 3.63) is 41.6 Å². The molecule has 0 spiro atoms. The van der Waals surface area contributed by atoms with E-state index in [1.54, 1.807) is 6.26 Å². The van der Waals surface area contributed by atoms with E-state index in [1.165, 1.54) is 24.8 Å². The van der Waals surface area contributed by atoms with E-state index in [4.69, 9.17) is 4.42 Å². The second-order valence-electron chi connectivity index (χ2n) is 5.78. The summed E-state index contributed by atoms with van der Waals surface area (Å²) in [7, 11) is 0. The van der Waals surface area contributed by atoms with Gasteiger partial charge >= 0.3 is 0 Å². The number of aromatic amines is 1. The third kappa shape index (κ3) is 3.54. The standard InChI is InChI=1S/C16H24N4O/c1-13-14(11-18-19-13)10-17-12-15(16-6-5-9-21-16)20-7-3-2-4-8-20/h5-6,9,11,15,17H,2-4,7-8,10,12H2,1H3,(H,18,19)/t15-/m0/s1. The molecule has 0 aliphatic carbocycles. The molecule has 2 N–H and O–H groups in total. The number of hydrogen-bond donors (Lipinski definition) is 2. The highest BCUT2D eigenvalue weighted by atomic mass is 16.3. The summed E-state index contributed by atoms with van der Waals surface area (Å²) in [6.07, 6.45) is 7.59. The predicted octanol–water partition coefficient (Wildman–Crippen LogP) is 2.63. The number of nitrogens with zero attached hydrogens (tertiary/aromatic N) is 2. The highest BCUT2D eigenvalue weighted by Crippen LogP contribution is 2.24. The minimum Gasteiger partial charge on any atom is -0.468 e. The maximum atomic E-state index is 5.66. The van der Waals surface area contributed by atoms with Gasteiger partial charge in [0.2, 0.25) is 0 Å². The SMILES string of the molecule is Cc1[nH]ncc1CNC[C@@H](c1ccco1)N1CCCCC1. The molecule has 5 nitrogen and oxygen atoms in total. The van der Waals surface area contributed by atoms with E-state index < -0.39 is 0 Å². The Morgan fingerprint density at radius 1 is 1.38 bits per heavy atom. The zero-order valence-electron chi connectivity index (χ0n) is 12.6. The second kappa shape index (κ2) is 6.91. The summed E-state index contributed by atoms with van der Waals surface area (Å²) in [6, 6.07) is 4.39. The molecule has 3 heterocycles. The van der Waals surface area contributed by atoms with Crippen LogP contribution < -0.4 is 5.32 Å². The van der Waals surface area contributed by atoms with Crippen molar-refractivity contribution in [2.24, 2.45) is 0 Å². The van der Waals surface area contributed by atoms with Crippen LogP contribution >= 0.6 is 0 Å². The molecular weight excluding hydrogens is 264 g/mol. The van der Waals surface area contributed by atoms with Gasteiger partial charge in [0.05, 0.1) is 18.5 Å². The Bertz CT molecular complexity index is 528. The van der Waals surface area contributed by atoms with E-state index >= 15 is 0 Å². The molecular formula is C16H24N4O. The first-order valence-electron chi connectivity index (χ1n) is 7.81. The van der Waals surface area contributed by atoms with E-state index in [2.05, 4.69) is 33.4 Å². The average molecular weight is 288 g/mol. The van der Waals surface area contributed by atoms with Crippen LogP contribution in [0.5, 0.6) is 0 Å². The Balaban J connectivity index is 1.61. The Labute approximate surface area is 125 Å². The number of likely N-dealkylation sites (tertiary alicyclic amines) is 1. The van der Waals surface area contributed by atoms with Gasteiger partial charge in [0, 0.05) is 24.3 Å². The molecule has 1 atom stereocenters. The van der Waals surface area contributed by atoms with Crippen molar-refractivity contribution >= 4 is 0 Å². The van der Waals surface area contributed by atoms with Gasteiger partial charge in [-0.3, -0.25) is 10.00 Å². The minimum atomic E-state index is 0.326. The topological polar surface area (TPSA) is 57.1 Å². The first-order chi connectivity index (χ1) is 10.3. The number of hydrogen-bond acceptors (Lipinski definition) is 4. The molecule has 3 rings (SSSR count). The van der Waals surface area contributed by atoms with Crippen molar-refractivity contribution in [3.8, 4) is 0 Å². The molecule has 0 unspecified atom stereocenters. The smallest absolute Gasteiger partial charge is 0.122 e. The summed E-state index contributed by atoms with van der Waals surface area (Å²) in [4.78, 5) is 2.54. The lowest BCUT2D eigenvalue weighted by Gasteiger charge is -2.33. The maximum Gasteiger partial charge on any atom is 0.122 e. The first kappa shape index (κ1) is 14.4. The lowest BCUT2D eigenvalue weighted by molar-refractivity contribution is 0.142. The van der Waals surface area contributed by atoms with Gasteiger partial charge in [-0.1, -0.05) is 6.42 Å². The molecule has 2 aromatic rings. The van der Waals surface area contributed by atoms with E-state index in [-0.39, 0.29) is 0 Å². The van der Waals surface area contributed by atoms with Crippen LogP contribution in [0.2, 0.25) is 0 Å². The molecule has 2 aromatic heterocycles. The molecule has 0 radical (unpaired) electrons. The molecule has 5 heteroatoms. The lowest BCUT2D eigenvalue weighted by atomic mass is 10.1. The van der Waals surface area contributed by atoms with Gasteiger partial charge in [-0.05, 0) is 45.0 Å². The fourth-order valence-corrected chi connectivity index (χ4v) is 3.02. The third-order valence-electron chi connectivity index (χ3n) is 4.29. The molecule has 0 aromatic carbocycles. The molecule has 0 amide bonds. The van der Waals surface area contributed by atoms with Crippen molar-refractivity contribution in [1.82, 2.24) is 20.4 Å². The van der Waals surface area contributed by atoms with Crippen LogP contribution in [0.1, 0.15) is 42.3 Å². The van der Waals surface area contributed by atoms with Crippen molar-refractivity contribution in [2.45, 2.75) is 38.8 Å². The molecule has 1 fully saturated rings. The summed E-state index contributed by atoms with van der Waals surface area (Å²) >= 11 is 0. The number of aryl methyl sites for hydroxylation is 1. The summed E-state index contributed by atoms with van der Waals surface area (Å²) in [5.74, 6) is 1.06. The number of rotatable bonds is 6. The van der Waals surface area contributed by atoms with Crippen LogP contribution in [0.3, 0.4) is 0 Å². The largest absolute Gasteiger partial charge is 0.468 e. The van der Waals surface area contributed by atoms with Gasteiger partial charge in [-0.25, -0.2) is 0 Å². The Hall–Kier alpha value is -1.59. The maximum absolute atomic E-state index is 5.66. The summed E-state index contributed by atoms with van der Waals surface area (Å²) < 4.78 is 5.66. The van der Waals surface area contributed by atoms with Crippen molar-refractivity contribution in [2.75, 3.05) is 19.6 Å². The van der Waals surface area contributed by atoms with Crippen LogP contribution in [0, 0.1) is 6.92 Å². The molecule has 21 heavy (non-hydrogen) atoms. The highest BCUT2D eigenvalue weighted by molar-refractivity contribution is 5.14. The Morgan fingerprint density at radius 2 is 2.24 bits per heavy atom. The van der Waals surface area contributed by atoms with Crippen LogP contribution in [-0.2, 0) is 6.54 Å². The molecule has 0 saturated carbocycles. The van der Waals surface area contributed by atoms with Crippen molar-refractivity contribution < 1.29 is 4.42 Å². The third-order valence-corrected chi connectivity index (χ3v) is 4.29. The number of furan rings is 1. The second-order valence-corrected chi connectivity index (χ2v) is 5.78. The first-order valence-corrected chi connectivity index (χ1v) is 7.81. The predicted molar refractivity (Wildman–Crippen MR) is 81.9 cm³/mol. The van der Waals surface area contributed by atoms with Crippen molar-refractivity contribution in [1.29, 1.82) is 0 Å². The fraction of sp³-hybridized carbons (Fsp3) is 0.562. The van der Waals surface area contributed by atoms with E-state index in [0.717, 1.165) is 37.6 Å². The van der Waals surface area contributed by atoms with E-state index in [1.807, 2.05) is 12.3 Å². The molecule has 1 aliphatic heterocycles. The summed E-state index contributed by atoms with van der Waals surface area (Å²) in [6.45, 7) is 6.12. The van der Waals surface area contributed by atoms with Gasteiger partial charge < -0.3 is 9.73 Å². The average Bonchev–Trinajstić information content (AvgIpc) is 3.17. The molecule has 0 bridgehead atoms. The summed E-state index contributed by atoms with van der Waals surface area (Å²) in [5.41, 5.74) is 2.36. The number of piperidine rings is 1. The number of nitrogens with one attached hydrogen (secondary N) is 2. The number of aromatic nitrogens is 2. The fourth-order valence-electron chi connectivity index (χ4n) is 3.02. The van der Waals surface area contributed by atoms with Crippen LogP contribution in [-0.4, -0.2) is 34.7 Å². The zero-order chi connectivity index (χ0) is 14.5. The zero-order valence-corrected chi connectivity index (χ0v) is 12.6. The van der Waals surface area contributed by atoms with Crippen molar-refractivity contribution in [3.63, 3.8) is 0 Å². The van der Waals surface area contributed by atoms with Gasteiger partial charge in [0.25, 0.3) is 0 Å². The van der Waals surface area contributed by atoms with E-state index in [9.17, 15) is 0 Å². The van der Waals surface area contributed by atoms with Gasteiger partial charge in [-0.15, -0.1) is 0 Å². The molecule has 114 valence electrons. The van der Waals surface area contributed by atoms with Crippen LogP contribution in [0.4, 0.5) is 0 Å². The number of H-pyrrole nitrogens is 1. The normalized spacial score (nSPS) is 18.0. The summed E-state index contributed by atoms with van der Waals surface area (Å²) in [5, 5.41) is 10.6. The van der Waals surface area contributed by atoms with E-state index in [0.29, 0.717) is 6.04 Å². The van der Waals surface area contributed by atoms with Crippen LogP contribution in [0.15, 0.2) is 29.0 Å². The lowest BCUT2D eigenvalue weighted by Crippen LogP contribution is -2.38. The highest BCUT2D eigenvalue weighted by Gasteiger charge is 2.24. The quantitative estimate of drug-likeness (QED) is 0.858. The molecule has 1 aliphatic rings.